The van der Waals surface area contributed by atoms with Crippen LogP contribution in [0.4, 0.5) is 0 Å². The Bertz CT molecular complexity index is 514. The third-order valence-corrected chi connectivity index (χ3v) is 4.87. The zero-order valence-corrected chi connectivity index (χ0v) is 12.1. The van der Waals surface area contributed by atoms with E-state index in [0.717, 1.165) is 17.1 Å². The molecule has 0 spiro atoms. The number of carboxylic acids is 1. The second kappa shape index (κ2) is 4.92. The number of hydrogen-bond acceptors (Lipinski definition) is 4. The zero-order valence-electron chi connectivity index (χ0n) is 11.3. The van der Waals surface area contributed by atoms with Crippen molar-refractivity contribution in [3.8, 4) is 0 Å². The summed E-state index contributed by atoms with van der Waals surface area (Å²) in [4.78, 5) is 27.3. The summed E-state index contributed by atoms with van der Waals surface area (Å²) in [5, 5.41) is 14.6. The van der Waals surface area contributed by atoms with E-state index in [-0.39, 0.29) is 11.8 Å². The van der Waals surface area contributed by atoms with E-state index in [1.54, 1.807) is 0 Å². The van der Waals surface area contributed by atoms with Gasteiger partial charge in [0.25, 0.3) is 0 Å². The molecule has 1 aliphatic carbocycles. The Morgan fingerprint density at radius 1 is 1.58 bits per heavy atom. The molecule has 6 heteroatoms. The van der Waals surface area contributed by atoms with Crippen LogP contribution in [0.25, 0.3) is 0 Å². The maximum Gasteiger partial charge on any atom is 0.307 e. The van der Waals surface area contributed by atoms with Gasteiger partial charge in [0.1, 0.15) is 5.01 Å². The molecule has 1 aromatic heterocycles. The van der Waals surface area contributed by atoms with E-state index in [4.69, 9.17) is 5.11 Å². The number of carbonyl (C=O) groups excluding carboxylic acids is 1. The number of rotatable bonds is 5. The number of aryl methyl sites for hydroxylation is 1. The lowest BCUT2D eigenvalue weighted by Gasteiger charge is -2.27. The Labute approximate surface area is 116 Å². The van der Waals surface area contributed by atoms with E-state index in [2.05, 4.69) is 10.3 Å². The second-order valence-corrected chi connectivity index (χ2v) is 6.11. The highest BCUT2D eigenvalue weighted by Gasteiger charge is 2.49. The van der Waals surface area contributed by atoms with E-state index in [0.29, 0.717) is 6.42 Å². The van der Waals surface area contributed by atoms with E-state index >= 15 is 0 Å². The van der Waals surface area contributed by atoms with Crippen LogP contribution in [0.2, 0.25) is 0 Å². The topological polar surface area (TPSA) is 79.3 Å². The molecule has 0 aromatic carbocycles. The van der Waals surface area contributed by atoms with Gasteiger partial charge in [-0.15, -0.1) is 11.3 Å². The predicted octanol–water partition coefficient (Wildman–Crippen LogP) is 1.91. The SMILES string of the molecule is CCC(C)(NC(=O)C1CC1C(=O)O)c1nc(C)cs1. The number of amides is 1. The largest absolute Gasteiger partial charge is 0.481 e. The zero-order chi connectivity index (χ0) is 14.2. The van der Waals surface area contributed by atoms with E-state index in [1.165, 1.54) is 11.3 Å². The lowest BCUT2D eigenvalue weighted by atomic mass is 9.99. The lowest BCUT2D eigenvalue weighted by Crippen LogP contribution is -2.44. The normalized spacial score (nSPS) is 24.6. The number of carbonyl (C=O) groups is 2. The molecule has 1 saturated carbocycles. The van der Waals surface area contributed by atoms with Crippen LogP contribution in [0.1, 0.15) is 37.4 Å². The smallest absolute Gasteiger partial charge is 0.307 e. The molecule has 1 aliphatic rings. The molecule has 3 atom stereocenters. The standard InChI is InChI=1S/C13H18N2O3S/c1-4-13(3,12-14-7(2)6-19-12)15-10(16)8-5-9(8)11(17)18/h6,8-9H,4-5H2,1-3H3,(H,15,16)(H,17,18). The minimum atomic E-state index is -0.886. The van der Waals surface area contributed by atoms with Crippen LogP contribution >= 0.6 is 11.3 Å². The van der Waals surface area contributed by atoms with Crippen molar-refractivity contribution in [3.05, 3.63) is 16.1 Å². The lowest BCUT2D eigenvalue weighted by molar-refractivity contribution is -0.140. The van der Waals surface area contributed by atoms with E-state index in [1.807, 2.05) is 26.2 Å². The summed E-state index contributed by atoms with van der Waals surface area (Å²) in [6.07, 6.45) is 1.16. The number of aromatic nitrogens is 1. The Morgan fingerprint density at radius 2 is 2.26 bits per heavy atom. The minimum absolute atomic E-state index is 0.176. The molecule has 104 valence electrons. The first-order valence-electron chi connectivity index (χ1n) is 6.35. The molecule has 3 unspecified atom stereocenters. The monoisotopic (exact) mass is 282 g/mol. The summed E-state index contributed by atoms with van der Waals surface area (Å²) in [7, 11) is 0. The molecule has 1 aromatic rings. The average Bonchev–Trinajstić information content (AvgIpc) is 3.05. The molecular formula is C13H18N2O3S. The summed E-state index contributed by atoms with van der Waals surface area (Å²) in [5.41, 5.74) is 0.422. The summed E-state index contributed by atoms with van der Waals surface area (Å²) in [6, 6.07) is 0. The molecule has 1 fully saturated rings. The van der Waals surface area contributed by atoms with Gasteiger partial charge in [-0.05, 0) is 26.7 Å². The van der Waals surface area contributed by atoms with Crippen molar-refractivity contribution in [1.29, 1.82) is 0 Å². The highest BCUT2D eigenvalue weighted by molar-refractivity contribution is 7.09. The molecule has 2 rings (SSSR count). The third kappa shape index (κ3) is 2.78. The minimum Gasteiger partial charge on any atom is -0.481 e. The van der Waals surface area contributed by atoms with Crippen LogP contribution in [-0.4, -0.2) is 22.0 Å². The average molecular weight is 282 g/mol. The van der Waals surface area contributed by atoms with Crippen LogP contribution in [0, 0.1) is 18.8 Å². The number of aliphatic carboxylic acids is 1. The van der Waals surface area contributed by atoms with Crippen molar-refractivity contribution in [3.63, 3.8) is 0 Å². The Hall–Kier alpha value is -1.43. The summed E-state index contributed by atoms with van der Waals surface area (Å²) >= 11 is 1.52. The Morgan fingerprint density at radius 3 is 2.68 bits per heavy atom. The van der Waals surface area contributed by atoms with Gasteiger partial charge in [0.05, 0.1) is 17.4 Å². The fourth-order valence-electron chi connectivity index (χ4n) is 2.02. The van der Waals surface area contributed by atoms with E-state index < -0.39 is 17.4 Å². The van der Waals surface area contributed by atoms with Crippen LogP contribution < -0.4 is 5.32 Å². The van der Waals surface area contributed by atoms with E-state index in [9.17, 15) is 9.59 Å². The van der Waals surface area contributed by atoms with Gasteiger partial charge in [0.2, 0.25) is 5.91 Å². The molecule has 5 nitrogen and oxygen atoms in total. The maximum absolute atomic E-state index is 12.1. The molecule has 0 radical (unpaired) electrons. The van der Waals surface area contributed by atoms with Gasteiger partial charge >= 0.3 is 5.97 Å². The van der Waals surface area contributed by atoms with Gasteiger partial charge in [0.15, 0.2) is 0 Å². The van der Waals surface area contributed by atoms with Crippen LogP contribution in [0.15, 0.2) is 5.38 Å². The van der Waals surface area contributed by atoms with Crippen molar-refractivity contribution < 1.29 is 14.7 Å². The van der Waals surface area contributed by atoms with Crippen molar-refractivity contribution in [2.24, 2.45) is 11.8 Å². The number of nitrogens with zero attached hydrogens (tertiary/aromatic N) is 1. The number of carboxylic acid groups (broad SMARTS) is 1. The van der Waals surface area contributed by atoms with Crippen LogP contribution in [0.3, 0.4) is 0 Å². The van der Waals surface area contributed by atoms with Gasteiger partial charge in [-0.2, -0.15) is 0 Å². The summed E-state index contributed by atoms with van der Waals surface area (Å²) < 4.78 is 0. The summed E-state index contributed by atoms with van der Waals surface area (Å²) in [6.45, 7) is 5.83. The highest BCUT2D eigenvalue weighted by Crippen LogP contribution is 2.40. The quantitative estimate of drug-likeness (QED) is 0.864. The molecule has 0 aliphatic heterocycles. The molecule has 0 bridgehead atoms. The first kappa shape index (κ1) is 14.0. The fourth-order valence-corrected chi connectivity index (χ4v) is 3.01. The van der Waals surface area contributed by atoms with Gasteiger partial charge in [-0.25, -0.2) is 4.98 Å². The first-order valence-corrected chi connectivity index (χ1v) is 7.23. The first-order chi connectivity index (χ1) is 8.87. The van der Waals surface area contributed by atoms with Crippen molar-refractivity contribution in [2.45, 2.75) is 39.2 Å². The van der Waals surface area contributed by atoms with Crippen molar-refractivity contribution in [1.82, 2.24) is 10.3 Å². The van der Waals surface area contributed by atoms with Gasteiger partial charge in [0, 0.05) is 11.1 Å². The number of nitrogens with one attached hydrogen (secondary N) is 1. The maximum atomic E-state index is 12.1. The molecule has 1 heterocycles. The fraction of sp³-hybridized carbons (Fsp3) is 0.615. The highest BCUT2D eigenvalue weighted by atomic mass is 32.1. The molecule has 19 heavy (non-hydrogen) atoms. The van der Waals surface area contributed by atoms with Crippen molar-refractivity contribution >= 4 is 23.2 Å². The predicted molar refractivity (Wildman–Crippen MR) is 71.9 cm³/mol. The third-order valence-electron chi connectivity index (χ3n) is 3.64. The van der Waals surface area contributed by atoms with Gasteiger partial charge < -0.3 is 10.4 Å². The number of hydrogen-bond donors (Lipinski definition) is 2. The molecular weight excluding hydrogens is 264 g/mol. The Kier molecular flexibility index (Phi) is 3.62. The van der Waals surface area contributed by atoms with Crippen molar-refractivity contribution in [2.75, 3.05) is 0 Å². The van der Waals surface area contributed by atoms with Crippen LogP contribution in [-0.2, 0) is 15.1 Å². The number of thiazole rings is 1. The summed E-state index contributed by atoms with van der Waals surface area (Å²) in [5.74, 6) is -1.96. The second-order valence-electron chi connectivity index (χ2n) is 5.26. The molecule has 1 amide bonds. The van der Waals surface area contributed by atoms with Gasteiger partial charge in [-0.1, -0.05) is 6.92 Å². The Balaban J connectivity index is 2.07. The van der Waals surface area contributed by atoms with Gasteiger partial charge in [-0.3, -0.25) is 9.59 Å². The molecule has 0 saturated heterocycles. The molecule has 2 N–H and O–H groups in total. The van der Waals surface area contributed by atoms with Crippen LogP contribution in [0.5, 0.6) is 0 Å².